The Morgan fingerprint density at radius 2 is 1.80 bits per heavy atom. The van der Waals surface area contributed by atoms with Gasteiger partial charge in [-0.2, -0.15) is 0 Å². The van der Waals surface area contributed by atoms with Crippen molar-refractivity contribution in [3.8, 4) is 5.75 Å². The fourth-order valence-electron chi connectivity index (χ4n) is 2.54. The van der Waals surface area contributed by atoms with Crippen molar-refractivity contribution in [3.63, 3.8) is 0 Å². The zero-order valence-electron chi connectivity index (χ0n) is 15.2. The van der Waals surface area contributed by atoms with Gasteiger partial charge in [0, 0.05) is 12.2 Å². The molecule has 0 spiro atoms. The number of nitrogens with one attached hydrogen (secondary N) is 2. The van der Waals surface area contributed by atoms with E-state index in [9.17, 15) is 0 Å². The Morgan fingerprint density at radius 3 is 2.52 bits per heavy atom. The summed E-state index contributed by atoms with van der Waals surface area (Å²) >= 11 is 5.36. The van der Waals surface area contributed by atoms with Gasteiger partial charge in [0.2, 0.25) is 0 Å². The van der Waals surface area contributed by atoms with E-state index in [1.807, 2.05) is 12.1 Å². The van der Waals surface area contributed by atoms with Crippen LogP contribution < -0.4 is 15.4 Å². The zero-order chi connectivity index (χ0) is 17.9. The van der Waals surface area contributed by atoms with Crippen LogP contribution in [0.3, 0.4) is 0 Å². The van der Waals surface area contributed by atoms with Gasteiger partial charge in [0.15, 0.2) is 5.11 Å². The first-order valence-corrected chi connectivity index (χ1v) is 9.48. The van der Waals surface area contributed by atoms with Gasteiger partial charge in [0.1, 0.15) is 5.75 Å². The van der Waals surface area contributed by atoms with E-state index in [0.717, 1.165) is 50.3 Å². The van der Waals surface area contributed by atoms with Gasteiger partial charge in [-0.15, -0.1) is 0 Å². The van der Waals surface area contributed by atoms with Crippen LogP contribution in [0.15, 0.2) is 48.5 Å². The summed E-state index contributed by atoms with van der Waals surface area (Å²) < 4.78 is 5.80. The van der Waals surface area contributed by atoms with Gasteiger partial charge >= 0.3 is 0 Å². The van der Waals surface area contributed by atoms with E-state index < -0.39 is 0 Å². The van der Waals surface area contributed by atoms with Crippen LogP contribution in [0.2, 0.25) is 0 Å². The van der Waals surface area contributed by atoms with Gasteiger partial charge in [0.25, 0.3) is 0 Å². The molecule has 2 rings (SSSR count). The number of thiocarbonyl (C=S) groups is 1. The first kappa shape index (κ1) is 19.3. The minimum absolute atomic E-state index is 0.666. The number of aryl methyl sites for hydroxylation is 2. The zero-order valence-corrected chi connectivity index (χ0v) is 16.0. The fourth-order valence-corrected chi connectivity index (χ4v) is 2.76. The smallest absolute Gasteiger partial charge is 0.170 e. The predicted molar refractivity (Wildman–Crippen MR) is 111 cm³/mol. The van der Waals surface area contributed by atoms with E-state index in [0.29, 0.717) is 5.11 Å². The summed E-state index contributed by atoms with van der Waals surface area (Å²) in [5.74, 6) is 1.00. The Bertz CT molecular complexity index is 655. The molecule has 0 aliphatic carbocycles. The molecule has 3 nitrogen and oxygen atoms in total. The SMILES string of the molecule is CCCOc1ccccc1CCCNC(=S)Nc1ccc(CC)cc1. The fraction of sp³-hybridized carbons (Fsp3) is 0.381. The molecule has 0 radical (unpaired) electrons. The molecule has 0 aliphatic heterocycles. The lowest BCUT2D eigenvalue weighted by atomic mass is 10.1. The van der Waals surface area contributed by atoms with E-state index in [1.54, 1.807) is 0 Å². The standard InChI is InChI=1S/C21H28N2OS/c1-3-16-24-20-10-6-5-8-18(20)9-7-15-22-21(25)23-19-13-11-17(4-2)12-14-19/h5-6,8,10-14H,3-4,7,9,15-16H2,1-2H3,(H2,22,23,25). The molecular weight excluding hydrogens is 328 g/mol. The molecule has 134 valence electrons. The first-order valence-electron chi connectivity index (χ1n) is 9.07. The van der Waals surface area contributed by atoms with Gasteiger partial charge in [-0.3, -0.25) is 0 Å². The average Bonchev–Trinajstić information content (AvgIpc) is 2.65. The quantitative estimate of drug-likeness (QED) is 0.492. The molecule has 0 saturated heterocycles. The Hall–Kier alpha value is -2.07. The minimum Gasteiger partial charge on any atom is -0.493 e. The normalized spacial score (nSPS) is 10.3. The van der Waals surface area contributed by atoms with Crippen LogP contribution in [0.25, 0.3) is 0 Å². The number of para-hydroxylation sites is 1. The summed E-state index contributed by atoms with van der Waals surface area (Å²) in [4.78, 5) is 0. The van der Waals surface area contributed by atoms with Crippen molar-refractivity contribution in [2.75, 3.05) is 18.5 Å². The minimum atomic E-state index is 0.666. The van der Waals surface area contributed by atoms with E-state index >= 15 is 0 Å². The first-order chi connectivity index (χ1) is 12.2. The molecule has 0 fully saturated rings. The largest absolute Gasteiger partial charge is 0.493 e. The van der Waals surface area contributed by atoms with Crippen LogP contribution in [0.5, 0.6) is 5.75 Å². The molecule has 2 aromatic carbocycles. The predicted octanol–water partition coefficient (Wildman–Crippen LogP) is 4.96. The molecule has 0 bridgehead atoms. The molecule has 2 N–H and O–H groups in total. The highest BCUT2D eigenvalue weighted by atomic mass is 32.1. The lowest BCUT2D eigenvalue weighted by Gasteiger charge is -2.12. The second kappa shape index (κ2) is 10.7. The average molecular weight is 357 g/mol. The number of anilines is 1. The molecule has 0 saturated carbocycles. The Morgan fingerprint density at radius 1 is 1.04 bits per heavy atom. The van der Waals surface area contributed by atoms with Gasteiger partial charge in [-0.1, -0.05) is 44.2 Å². The van der Waals surface area contributed by atoms with Crippen molar-refractivity contribution < 1.29 is 4.74 Å². The van der Waals surface area contributed by atoms with Crippen molar-refractivity contribution in [1.29, 1.82) is 0 Å². The number of benzene rings is 2. The maximum atomic E-state index is 5.80. The van der Waals surface area contributed by atoms with Crippen molar-refractivity contribution in [1.82, 2.24) is 5.32 Å². The maximum absolute atomic E-state index is 5.80. The molecule has 2 aromatic rings. The Balaban J connectivity index is 1.72. The van der Waals surface area contributed by atoms with Gasteiger partial charge in [-0.25, -0.2) is 0 Å². The Labute approximate surface area is 156 Å². The maximum Gasteiger partial charge on any atom is 0.170 e. The lowest BCUT2D eigenvalue weighted by molar-refractivity contribution is 0.314. The highest BCUT2D eigenvalue weighted by Gasteiger charge is 2.03. The lowest BCUT2D eigenvalue weighted by Crippen LogP contribution is -2.29. The van der Waals surface area contributed by atoms with Crippen molar-refractivity contribution in [3.05, 3.63) is 59.7 Å². The summed E-state index contributed by atoms with van der Waals surface area (Å²) in [5.41, 5.74) is 3.60. The van der Waals surface area contributed by atoms with E-state index in [4.69, 9.17) is 17.0 Å². The monoisotopic (exact) mass is 356 g/mol. The van der Waals surface area contributed by atoms with Gasteiger partial charge in [-0.05, 0) is 67.2 Å². The number of ether oxygens (including phenoxy) is 1. The molecule has 0 amide bonds. The molecule has 4 heteroatoms. The molecule has 0 aromatic heterocycles. The van der Waals surface area contributed by atoms with Crippen LogP contribution >= 0.6 is 12.2 Å². The molecule has 0 aliphatic rings. The van der Waals surface area contributed by atoms with Crippen LogP contribution in [-0.4, -0.2) is 18.3 Å². The number of hydrogen-bond acceptors (Lipinski definition) is 2. The highest BCUT2D eigenvalue weighted by Crippen LogP contribution is 2.19. The summed E-state index contributed by atoms with van der Waals surface area (Å²) in [7, 11) is 0. The summed E-state index contributed by atoms with van der Waals surface area (Å²) in [6.45, 7) is 5.87. The molecule has 0 unspecified atom stereocenters. The van der Waals surface area contributed by atoms with E-state index in [-0.39, 0.29) is 0 Å². The molecule has 0 atom stereocenters. The molecule has 25 heavy (non-hydrogen) atoms. The second-order valence-electron chi connectivity index (χ2n) is 5.99. The number of hydrogen-bond donors (Lipinski definition) is 2. The van der Waals surface area contributed by atoms with E-state index in [1.165, 1.54) is 11.1 Å². The van der Waals surface area contributed by atoms with Crippen molar-refractivity contribution in [2.24, 2.45) is 0 Å². The van der Waals surface area contributed by atoms with Crippen LogP contribution in [-0.2, 0) is 12.8 Å². The molecular formula is C21H28N2OS. The third kappa shape index (κ3) is 6.75. The number of rotatable bonds is 9. The second-order valence-corrected chi connectivity index (χ2v) is 6.40. The van der Waals surface area contributed by atoms with Crippen LogP contribution in [0.1, 0.15) is 37.8 Å². The molecule has 0 heterocycles. The van der Waals surface area contributed by atoms with E-state index in [2.05, 4.69) is 60.9 Å². The third-order valence-electron chi connectivity index (χ3n) is 3.96. The third-order valence-corrected chi connectivity index (χ3v) is 4.21. The van der Waals surface area contributed by atoms with Crippen molar-refractivity contribution >= 4 is 23.0 Å². The Kier molecular flexibility index (Phi) is 8.26. The van der Waals surface area contributed by atoms with Crippen molar-refractivity contribution in [2.45, 2.75) is 39.5 Å². The van der Waals surface area contributed by atoms with Crippen LogP contribution in [0, 0.1) is 0 Å². The van der Waals surface area contributed by atoms with Crippen LogP contribution in [0.4, 0.5) is 5.69 Å². The van der Waals surface area contributed by atoms with Gasteiger partial charge < -0.3 is 15.4 Å². The highest BCUT2D eigenvalue weighted by molar-refractivity contribution is 7.80. The topological polar surface area (TPSA) is 33.3 Å². The summed E-state index contributed by atoms with van der Waals surface area (Å²) in [6.07, 6.45) is 4.05. The summed E-state index contributed by atoms with van der Waals surface area (Å²) in [5, 5.41) is 7.17. The van der Waals surface area contributed by atoms with Gasteiger partial charge in [0.05, 0.1) is 6.61 Å². The summed E-state index contributed by atoms with van der Waals surface area (Å²) in [6, 6.07) is 16.6.